The molecule has 2 aromatic rings. The number of piperazine rings is 1. The lowest BCUT2D eigenvalue weighted by Crippen LogP contribution is -2.56. The summed E-state index contributed by atoms with van der Waals surface area (Å²) in [6.45, 7) is 9.26. The molecule has 2 aliphatic heterocycles. The van der Waals surface area contributed by atoms with Crippen LogP contribution >= 0.6 is 0 Å². The highest BCUT2D eigenvalue weighted by Gasteiger charge is 2.34. The maximum atomic E-state index is 9.42. The van der Waals surface area contributed by atoms with Gasteiger partial charge in [-0.1, -0.05) is 18.2 Å². The Morgan fingerprint density at radius 1 is 1.11 bits per heavy atom. The van der Waals surface area contributed by atoms with Crippen LogP contribution in [0.1, 0.15) is 24.8 Å². The predicted octanol–water partition coefficient (Wildman–Crippen LogP) is 2.76. The Kier molecular flexibility index (Phi) is 6.14. The molecule has 2 saturated heterocycles. The minimum absolute atomic E-state index is 0.291. The lowest BCUT2D eigenvalue weighted by atomic mass is 9.86. The van der Waals surface area contributed by atoms with E-state index in [1.165, 1.54) is 43.5 Å². The van der Waals surface area contributed by atoms with E-state index in [2.05, 4.69) is 59.0 Å². The van der Waals surface area contributed by atoms with Crippen LogP contribution in [0.4, 0.5) is 5.82 Å². The van der Waals surface area contributed by atoms with Crippen LogP contribution in [0.5, 0.6) is 0 Å². The second-order valence-corrected chi connectivity index (χ2v) is 8.58. The Bertz CT molecular complexity index is 787. The summed E-state index contributed by atoms with van der Waals surface area (Å²) in [5.74, 6) is 1.71. The summed E-state index contributed by atoms with van der Waals surface area (Å²) in [6.07, 6.45) is 3.18. The molecule has 0 bridgehead atoms. The molecule has 3 heterocycles. The summed E-state index contributed by atoms with van der Waals surface area (Å²) in [6, 6.07) is 11.3. The van der Waals surface area contributed by atoms with Crippen molar-refractivity contribution in [3.05, 3.63) is 35.9 Å². The number of likely N-dealkylation sites (N-methyl/N-ethyl adjacent to an activating group) is 1. The molecular formula is C23H34N4O. The van der Waals surface area contributed by atoms with Crippen LogP contribution in [-0.4, -0.2) is 78.9 Å². The average Bonchev–Trinajstić information content (AvgIpc) is 2.73. The lowest BCUT2D eigenvalue weighted by molar-refractivity contribution is 0.0637. The van der Waals surface area contributed by atoms with Gasteiger partial charge in [0.1, 0.15) is 5.82 Å². The summed E-state index contributed by atoms with van der Waals surface area (Å²) in [5.41, 5.74) is 2.39. The van der Waals surface area contributed by atoms with Gasteiger partial charge < -0.3 is 14.9 Å². The van der Waals surface area contributed by atoms with E-state index in [1.807, 2.05) is 0 Å². The van der Waals surface area contributed by atoms with Gasteiger partial charge in [-0.25, -0.2) is 4.98 Å². The van der Waals surface area contributed by atoms with Gasteiger partial charge in [0.15, 0.2) is 0 Å². The number of aliphatic hydroxyl groups excluding tert-OH is 1. The SMILES string of the molecule is Cc1cc(N2CC[C@@H](N3CCN(C)CC3)[C@@H](CCCO)C2)nc2ccccc12. The van der Waals surface area contributed by atoms with Crippen molar-refractivity contribution in [2.45, 2.75) is 32.2 Å². The predicted molar refractivity (Wildman–Crippen MR) is 116 cm³/mol. The number of aromatic nitrogens is 1. The van der Waals surface area contributed by atoms with Gasteiger partial charge in [0.2, 0.25) is 0 Å². The van der Waals surface area contributed by atoms with Gasteiger partial charge in [0, 0.05) is 57.3 Å². The molecule has 2 atom stereocenters. The molecular weight excluding hydrogens is 348 g/mol. The number of nitrogens with zero attached hydrogens (tertiary/aromatic N) is 4. The van der Waals surface area contributed by atoms with E-state index in [-0.39, 0.29) is 0 Å². The van der Waals surface area contributed by atoms with Crippen molar-refractivity contribution in [3.8, 4) is 0 Å². The van der Waals surface area contributed by atoms with Crippen molar-refractivity contribution < 1.29 is 5.11 Å². The van der Waals surface area contributed by atoms with Crippen molar-refractivity contribution >= 4 is 16.7 Å². The Hall–Kier alpha value is -1.69. The van der Waals surface area contributed by atoms with E-state index in [0.717, 1.165) is 37.3 Å². The number of aliphatic hydroxyl groups is 1. The van der Waals surface area contributed by atoms with Crippen molar-refractivity contribution in [1.82, 2.24) is 14.8 Å². The maximum absolute atomic E-state index is 9.42. The molecule has 0 saturated carbocycles. The summed E-state index contributed by atoms with van der Waals surface area (Å²) in [4.78, 5) is 12.6. The van der Waals surface area contributed by atoms with E-state index >= 15 is 0 Å². The summed E-state index contributed by atoms with van der Waals surface area (Å²) >= 11 is 0. The minimum atomic E-state index is 0.291. The molecule has 28 heavy (non-hydrogen) atoms. The van der Waals surface area contributed by atoms with E-state index in [4.69, 9.17) is 4.98 Å². The van der Waals surface area contributed by atoms with Crippen molar-refractivity contribution in [2.24, 2.45) is 5.92 Å². The monoisotopic (exact) mass is 382 g/mol. The summed E-state index contributed by atoms with van der Waals surface area (Å²) in [7, 11) is 2.22. The molecule has 0 amide bonds. The van der Waals surface area contributed by atoms with Crippen LogP contribution < -0.4 is 4.90 Å². The zero-order chi connectivity index (χ0) is 19.5. The first-order valence-corrected chi connectivity index (χ1v) is 10.8. The number of anilines is 1. The number of pyridine rings is 1. The molecule has 0 unspecified atom stereocenters. The highest BCUT2D eigenvalue weighted by molar-refractivity contribution is 5.83. The highest BCUT2D eigenvalue weighted by atomic mass is 16.2. The number of aryl methyl sites for hydroxylation is 1. The fraction of sp³-hybridized carbons (Fsp3) is 0.609. The number of piperidine rings is 1. The van der Waals surface area contributed by atoms with Gasteiger partial charge in [0.25, 0.3) is 0 Å². The van der Waals surface area contributed by atoms with Gasteiger partial charge >= 0.3 is 0 Å². The number of para-hydroxylation sites is 1. The third kappa shape index (κ3) is 4.17. The Morgan fingerprint density at radius 3 is 2.68 bits per heavy atom. The molecule has 1 N–H and O–H groups in total. The van der Waals surface area contributed by atoms with Crippen molar-refractivity contribution in [3.63, 3.8) is 0 Å². The summed E-state index contributed by atoms with van der Waals surface area (Å²) in [5, 5.41) is 10.7. The van der Waals surface area contributed by atoms with Crippen LogP contribution in [-0.2, 0) is 0 Å². The quantitative estimate of drug-likeness (QED) is 0.861. The lowest BCUT2D eigenvalue weighted by Gasteiger charge is -2.47. The fourth-order valence-electron chi connectivity index (χ4n) is 4.99. The highest BCUT2D eigenvalue weighted by Crippen LogP contribution is 2.31. The number of rotatable bonds is 5. The fourth-order valence-corrected chi connectivity index (χ4v) is 4.99. The summed E-state index contributed by atoms with van der Waals surface area (Å²) < 4.78 is 0. The topological polar surface area (TPSA) is 42.8 Å². The molecule has 0 radical (unpaired) electrons. The van der Waals surface area contributed by atoms with E-state index in [0.29, 0.717) is 18.6 Å². The first-order chi connectivity index (χ1) is 13.7. The molecule has 5 nitrogen and oxygen atoms in total. The van der Waals surface area contributed by atoms with E-state index in [1.54, 1.807) is 0 Å². The van der Waals surface area contributed by atoms with Gasteiger partial charge in [-0.15, -0.1) is 0 Å². The van der Waals surface area contributed by atoms with Crippen molar-refractivity contribution in [2.75, 3.05) is 57.8 Å². The van der Waals surface area contributed by atoms with Gasteiger partial charge in [-0.05, 0) is 56.8 Å². The van der Waals surface area contributed by atoms with Crippen LogP contribution in [0, 0.1) is 12.8 Å². The van der Waals surface area contributed by atoms with Crippen LogP contribution in [0.2, 0.25) is 0 Å². The normalized spacial score (nSPS) is 24.8. The van der Waals surface area contributed by atoms with Crippen molar-refractivity contribution in [1.29, 1.82) is 0 Å². The Labute approximate surface area is 169 Å². The third-order valence-corrected chi connectivity index (χ3v) is 6.67. The average molecular weight is 383 g/mol. The Balaban J connectivity index is 1.53. The first kappa shape index (κ1) is 19.6. The minimum Gasteiger partial charge on any atom is -0.396 e. The smallest absolute Gasteiger partial charge is 0.129 e. The molecule has 5 heteroatoms. The second kappa shape index (κ2) is 8.76. The Morgan fingerprint density at radius 2 is 1.89 bits per heavy atom. The number of hydrogen-bond acceptors (Lipinski definition) is 5. The van der Waals surface area contributed by atoms with Crippen LogP contribution in [0.25, 0.3) is 10.9 Å². The molecule has 4 rings (SSSR count). The maximum Gasteiger partial charge on any atom is 0.129 e. The number of fused-ring (bicyclic) bond motifs is 1. The van der Waals surface area contributed by atoms with E-state index in [9.17, 15) is 5.11 Å². The number of benzene rings is 1. The van der Waals surface area contributed by atoms with Crippen LogP contribution in [0.3, 0.4) is 0 Å². The largest absolute Gasteiger partial charge is 0.396 e. The third-order valence-electron chi connectivity index (χ3n) is 6.67. The van der Waals surface area contributed by atoms with Gasteiger partial charge in [-0.2, -0.15) is 0 Å². The molecule has 0 aliphatic carbocycles. The first-order valence-electron chi connectivity index (χ1n) is 10.8. The molecule has 1 aromatic heterocycles. The van der Waals surface area contributed by atoms with Crippen LogP contribution in [0.15, 0.2) is 30.3 Å². The molecule has 0 spiro atoms. The number of hydrogen-bond donors (Lipinski definition) is 1. The van der Waals surface area contributed by atoms with Gasteiger partial charge in [0.05, 0.1) is 5.52 Å². The van der Waals surface area contributed by atoms with E-state index < -0.39 is 0 Å². The zero-order valence-corrected chi connectivity index (χ0v) is 17.3. The zero-order valence-electron chi connectivity index (χ0n) is 17.3. The standard InChI is InChI=1S/C23H34N4O/c1-18-16-23(24-21-8-4-3-7-20(18)21)27-10-9-22(19(17-27)6-5-15-28)26-13-11-25(2)12-14-26/h3-4,7-8,16,19,22,28H,5-6,9-15,17H2,1-2H3/t19-,22+/m0/s1. The van der Waals surface area contributed by atoms with Gasteiger partial charge in [-0.3, -0.25) is 4.90 Å². The molecule has 2 aliphatic rings. The molecule has 2 fully saturated rings. The molecule has 1 aromatic carbocycles. The molecule has 152 valence electrons. The second-order valence-electron chi connectivity index (χ2n) is 8.58.